The number of fused-ring (bicyclic) bond motifs is 2. The van der Waals surface area contributed by atoms with Gasteiger partial charge in [0.1, 0.15) is 23.7 Å². The number of benzene rings is 1. The number of likely N-dealkylation sites (tertiary alicyclic amines) is 2. The van der Waals surface area contributed by atoms with E-state index >= 15 is 0 Å². The Morgan fingerprint density at radius 3 is 2.11 bits per heavy atom. The first-order valence-corrected chi connectivity index (χ1v) is 19.9. The maximum atomic E-state index is 13.6. The number of carbonyl (C=O) groups excluding carboxylic acids is 4. The summed E-state index contributed by atoms with van der Waals surface area (Å²) in [5.41, 5.74) is 2.67. The molecule has 7 rings (SSSR count). The first-order valence-electron chi connectivity index (χ1n) is 18.2. The number of alkyl carbamates (subject to hydrolysis) is 1. The molecule has 13 nitrogen and oxygen atoms in total. The minimum absolute atomic E-state index is 0.0253. The van der Waals surface area contributed by atoms with Crippen LogP contribution < -0.4 is 10.6 Å². The van der Waals surface area contributed by atoms with E-state index in [0.717, 1.165) is 78.8 Å². The molecule has 280 valence electrons. The standard InChI is InChI=1S/C38H46N8O5S2/c1-19(2)32(40-21(5)47)36(48)45-13-7-9-26(45)34-39-18-25(43-34)28-11-12-29(52-28)31-16-22-15-23-24(17-30(22)53-31)42-35(41-23)27-10-8-14-46(27)37(49)33(20(3)4)44-38(50)51-6/h11-12,15-20,26-27,32-33H,7-10,13-14H2,1-6H3,(H,39,43)(H,40,47)(H,41,42)(H,44,50)/t26-,27-,32?,33-/m0/s1. The molecule has 15 heteroatoms. The molecule has 0 saturated carbocycles. The molecule has 4 aromatic heterocycles. The second-order valence-electron chi connectivity index (χ2n) is 14.6. The molecular weight excluding hydrogens is 713 g/mol. The molecule has 2 fully saturated rings. The third-order valence-electron chi connectivity index (χ3n) is 10.2. The van der Waals surface area contributed by atoms with E-state index in [1.165, 1.54) is 14.0 Å². The number of amides is 4. The van der Waals surface area contributed by atoms with E-state index in [0.29, 0.717) is 13.1 Å². The van der Waals surface area contributed by atoms with Crippen LogP contribution in [0, 0.1) is 11.8 Å². The summed E-state index contributed by atoms with van der Waals surface area (Å²) in [6.45, 7) is 10.4. The van der Waals surface area contributed by atoms with E-state index in [9.17, 15) is 19.2 Å². The van der Waals surface area contributed by atoms with Gasteiger partial charge in [-0.2, -0.15) is 0 Å². The minimum Gasteiger partial charge on any atom is -0.453 e. The third kappa shape index (κ3) is 7.28. The predicted octanol–water partition coefficient (Wildman–Crippen LogP) is 6.76. The third-order valence-corrected chi connectivity index (χ3v) is 12.6. The number of thiophene rings is 2. The second-order valence-corrected chi connectivity index (χ2v) is 16.8. The van der Waals surface area contributed by atoms with E-state index in [1.54, 1.807) is 22.7 Å². The highest BCUT2D eigenvalue weighted by molar-refractivity contribution is 7.27. The van der Waals surface area contributed by atoms with Crippen molar-refractivity contribution in [2.45, 2.75) is 84.5 Å². The molecule has 1 unspecified atom stereocenters. The van der Waals surface area contributed by atoms with Crippen LogP contribution in [0.4, 0.5) is 4.79 Å². The van der Waals surface area contributed by atoms with Crippen LogP contribution in [0.15, 0.2) is 36.5 Å². The first kappa shape index (κ1) is 36.6. The van der Waals surface area contributed by atoms with Gasteiger partial charge in [-0.1, -0.05) is 27.7 Å². The van der Waals surface area contributed by atoms with E-state index in [-0.39, 0.29) is 41.6 Å². The Hall–Kier alpha value is -4.76. The number of nitrogens with one attached hydrogen (secondary N) is 4. The van der Waals surface area contributed by atoms with Gasteiger partial charge in [0.15, 0.2) is 0 Å². The number of rotatable bonds is 10. The van der Waals surface area contributed by atoms with E-state index in [4.69, 9.17) is 14.7 Å². The Bertz CT molecular complexity index is 2110. The highest BCUT2D eigenvalue weighted by Crippen LogP contribution is 2.42. The fourth-order valence-electron chi connectivity index (χ4n) is 7.51. The van der Waals surface area contributed by atoms with Crippen molar-refractivity contribution < 1.29 is 23.9 Å². The van der Waals surface area contributed by atoms with Gasteiger partial charge in [0.2, 0.25) is 17.7 Å². The van der Waals surface area contributed by atoms with Crippen molar-refractivity contribution >= 4 is 67.6 Å². The van der Waals surface area contributed by atoms with Crippen LogP contribution in [0.5, 0.6) is 0 Å². The molecule has 0 bridgehead atoms. The summed E-state index contributed by atoms with van der Waals surface area (Å²) in [6, 6.07) is 9.05. The van der Waals surface area contributed by atoms with Crippen molar-refractivity contribution in [1.29, 1.82) is 0 Å². The van der Waals surface area contributed by atoms with Crippen LogP contribution >= 0.6 is 22.7 Å². The van der Waals surface area contributed by atoms with Gasteiger partial charge >= 0.3 is 6.09 Å². The average molecular weight is 759 g/mol. The van der Waals surface area contributed by atoms with E-state index < -0.39 is 18.2 Å². The largest absolute Gasteiger partial charge is 0.453 e. The molecule has 53 heavy (non-hydrogen) atoms. The molecule has 0 spiro atoms. The molecule has 0 radical (unpaired) electrons. The van der Waals surface area contributed by atoms with Crippen molar-refractivity contribution in [2.75, 3.05) is 20.2 Å². The van der Waals surface area contributed by atoms with Gasteiger partial charge in [-0.25, -0.2) is 14.8 Å². The van der Waals surface area contributed by atoms with E-state index in [2.05, 4.69) is 50.9 Å². The summed E-state index contributed by atoms with van der Waals surface area (Å²) in [4.78, 5) is 74.6. The number of aromatic amines is 2. The predicted molar refractivity (Wildman–Crippen MR) is 206 cm³/mol. The van der Waals surface area contributed by atoms with Crippen LogP contribution in [-0.4, -0.2) is 85.8 Å². The quantitative estimate of drug-likeness (QED) is 0.122. The molecule has 4 atom stereocenters. The van der Waals surface area contributed by atoms with Gasteiger partial charge in [-0.15, -0.1) is 22.7 Å². The van der Waals surface area contributed by atoms with Crippen LogP contribution in [0.25, 0.3) is 41.4 Å². The Labute approximate surface area is 315 Å². The van der Waals surface area contributed by atoms with Crippen molar-refractivity contribution in [2.24, 2.45) is 11.8 Å². The molecule has 2 aliphatic heterocycles. The molecule has 4 amide bonds. The Morgan fingerprint density at radius 2 is 1.47 bits per heavy atom. The smallest absolute Gasteiger partial charge is 0.407 e. The fourth-order valence-corrected chi connectivity index (χ4v) is 9.64. The lowest BCUT2D eigenvalue weighted by Gasteiger charge is -2.30. The molecule has 2 saturated heterocycles. The summed E-state index contributed by atoms with van der Waals surface area (Å²) in [7, 11) is 1.30. The lowest BCUT2D eigenvalue weighted by Crippen LogP contribution is -2.51. The molecule has 1 aromatic carbocycles. The number of imidazole rings is 2. The number of methoxy groups -OCH3 is 1. The highest BCUT2D eigenvalue weighted by Gasteiger charge is 2.39. The van der Waals surface area contributed by atoms with Gasteiger partial charge in [0.25, 0.3) is 0 Å². The normalized spacial score (nSPS) is 18.7. The zero-order valence-corrected chi connectivity index (χ0v) is 32.5. The maximum Gasteiger partial charge on any atom is 0.407 e. The summed E-state index contributed by atoms with van der Waals surface area (Å²) >= 11 is 3.40. The van der Waals surface area contributed by atoms with Gasteiger partial charge in [0.05, 0.1) is 47.0 Å². The lowest BCUT2D eigenvalue weighted by molar-refractivity contribution is -0.138. The number of hydrogen-bond acceptors (Lipinski definition) is 9. The monoisotopic (exact) mass is 758 g/mol. The maximum absolute atomic E-state index is 13.6. The highest BCUT2D eigenvalue weighted by atomic mass is 32.1. The number of nitrogens with zero attached hydrogens (tertiary/aromatic N) is 4. The molecule has 6 heterocycles. The van der Waals surface area contributed by atoms with Crippen LogP contribution in [0.3, 0.4) is 0 Å². The number of carbonyl (C=O) groups is 4. The Balaban J connectivity index is 1.07. The average Bonchev–Trinajstić information content (AvgIpc) is 3.96. The Kier molecular flexibility index (Phi) is 10.3. The Morgan fingerprint density at radius 1 is 0.830 bits per heavy atom. The zero-order chi connectivity index (χ0) is 37.6. The molecule has 4 N–H and O–H groups in total. The van der Waals surface area contributed by atoms with Crippen LogP contribution in [0.1, 0.15) is 84.0 Å². The molecule has 0 aliphatic carbocycles. The van der Waals surface area contributed by atoms with Crippen LogP contribution in [-0.2, 0) is 19.1 Å². The van der Waals surface area contributed by atoms with Crippen LogP contribution in [0.2, 0.25) is 0 Å². The zero-order valence-electron chi connectivity index (χ0n) is 30.8. The summed E-state index contributed by atoms with van der Waals surface area (Å²) in [5, 5.41) is 6.65. The SMILES string of the molecule is COC(=O)N[C@H](C(=O)N1CCC[C@H]1c1nc2cc3sc(-c4ccc(-c5cnc([C@@H]6CCCN6C(=O)C(NC(C)=O)C(C)C)[nH]5)s4)cc3cc2[nH]1)C(C)C. The summed E-state index contributed by atoms with van der Waals surface area (Å²) in [5.74, 6) is 0.982. The first-order chi connectivity index (χ1) is 25.4. The van der Waals surface area contributed by atoms with Gasteiger partial charge < -0.3 is 35.1 Å². The van der Waals surface area contributed by atoms with Crippen molar-refractivity contribution in [3.05, 3.63) is 48.2 Å². The van der Waals surface area contributed by atoms with Crippen molar-refractivity contribution in [3.63, 3.8) is 0 Å². The van der Waals surface area contributed by atoms with Crippen molar-refractivity contribution in [3.8, 4) is 20.3 Å². The molecular formula is C38H46N8O5S2. The van der Waals surface area contributed by atoms with Gasteiger partial charge in [-0.05, 0) is 73.2 Å². The number of hydrogen-bond donors (Lipinski definition) is 4. The van der Waals surface area contributed by atoms with Gasteiger partial charge in [0, 0.05) is 34.5 Å². The molecule has 2 aliphatic rings. The number of ether oxygens (including phenoxy) is 1. The fraction of sp³-hybridized carbons (Fsp3) is 0.474. The summed E-state index contributed by atoms with van der Waals surface area (Å²) < 4.78 is 5.89. The number of H-pyrrole nitrogens is 2. The summed E-state index contributed by atoms with van der Waals surface area (Å²) in [6.07, 6.45) is 4.57. The van der Waals surface area contributed by atoms with Gasteiger partial charge in [-0.3, -0.25) is 14.4 Å². The number of aromatic nitrogens is 4. The molecule has 5 aromatic rings. The van der Waals surface area contributed by atoms with E-state index in [1.807, 2.05) is 43.7 Å². The van der Waals surface area contributed by atoms with Crippen molar-refractivity contribution in [1.82, 2.24) is 40.4 Å². The topological polar surface area (TPSA) is 165 Å². The second kappa shape index (κ2) is 14.9. The minimum atomic E-state index is -0.683. The lowest BCUT2D eigenvalue weighted by atomic mass is 10.0.